The van der Waals surface area contributed by atoms with E-state index in [-0.39, 0.29) is 0 Å². The molecular formula is C64H40N6. The highest BCUT2D eigenvalue weighted by molar-refractivity contribution is 6.13. The van der Waals surface area contributed by atoms with E-state index in [9.17, 15) is 0 Å². The van der Waals surface area contributed by atoms with Crippen molar-refractivity contribution in [1.29, 1.82) is 0 Å². The molecule has 0 fully saturated rings. The van der Waals surface area contributed by atoms with Crippen molar-refractivity contribution in [2.24, 2.45) is 0 Å². The molecule has 10 aromatic carbocycles. The van der Waals surface area contributed by atoms with Gasteiger partial charge in [-0.1, -0.05) is 182 Å². The Morgan fingerprint density at radius 3 is 1.21 bits per heavy atom. The first-order chi connectivity index (χ1) is 34.7. The Morgan fingerprint density at radius 1 is 0.300 bits per heavy atom. The maximum Gasteiger partial charge on any atom is 0.197 e. The first-order valence-corrected chi connectivity index (χ1v) is 23.4. The van der Waals surface area contributed by atoms with Crippen LogP contribution in [0.3, 0.4) is 0 Å². The maximum atomic E-state index is 8.86. The lowest BCUT2D eigenvalue weighted by Crippen LogP contribution is -2.04. The van der Waals surface area contributed by atoms with E-state index in [0.29, 0.717) is 23.2 Å². The molecule has 3 heterocycles. The van der Waals surface area contributed by atoms with Gasteiger partial charge in [0, 0.05) is 49.5 Å². The van der Waals surface area contributed by atoms with Gasteiger partial charge >= 0.3 is 0 Å². The predicted molar refractivity (Wildman–Crippen MR) is 287 cm³/mol. The molecule has 0 bridgehead atoms. The quantitative estimate of drug-likeness (QED) is 0.143. The fourth-order valence-electron chi connectivity index (χ4n) is 10.2. The number of hydrogen-bond acceptors (Lipinski definition) is 3. The molecule has 0 aliphatic carbocycles. The maximum absolute atomic E-state index is 8.86. The first-order valence-electron chi connectivity index (χ1n) is 23.4. The van der Waals surface area contributed by atoms with E-state index in [1.807, 2.05) is 72.8 Å². The summed E-state index contributed by atoms with van der Waals surface area (Å²) >= 11 is 0. The highest BCUT2D eigenvalue weighted by Gasteiger charge is 2.24. The van der Waals surface area contributed by atoms with Gasteiger partial charge in [0.15, 0.2) is 23.2 Å². The third-order valence-corrected chi connectivity index (χ3v) is 13.4. The third kappa shape index (κ3) is 6.84. The first kappa shape index (κ1) is 40.6. The SMILES string of the molecule is [C-]#[N+]c1cccc(-n2c3ccccc3c3cc(-c4ccccc4)ccc32)c1-c1cc(-c2nc(-c3ccccc3)nc(-c3ccccc3)n2)ccc1-n1c2ccccc2c2cc(-c3ccccc3)ccc21. The molecule has 0 unspecified atom stereocenters. The second kappa shape index (κ2) is 16.9. The molecule has 70 heavy (non-hydrogen) atoms. The molecule has 0 atom stereocenters. The lowest BCUT2D eigenvalue weighted by Gasteiger charge is -2.21. The largest absolute Gasteiger partial charge is 0.310 e. The molecule has 0 saturated carbocycles. The molecular weight excluding hydrogens is 853 g/mol. The molecule has 6 nitrogen and oxygen atoms in total. The summed E-state index contributed by atoms with van der Waals surface area (Å²) in [5.41, 5.74) is 15.4. The molecule has 326 valence electrons. The fraction of sp³-hybridized carbons (Fsp3) is 0. The Bertz CT molecular complexity index is 4110. The molecule has 3 aromatic heterocycles. The molecule has 0 saturated heterocycles. The zero-order valence-corrected chi connectivity index (χ0v) is 37.8. The number of hydrogen-bond donors (Lipinski definition) is 0. The van der Waals surface area contributed by atoms with E-state index in [4.69, 9.17) is 21.5 Å². The zero-order valence-electron chi connectivity index (χ0n) is 37.8. The minimum atomic E-state index is 0.528. The van der Waals surface area contributed by atoms with Crippen molar-refractivity contribution >= 4 is 49.3 Å². The number of benzene rings is 10. The Hall–Kier alpha value is -9.70. The van der Waals surface area contributed by atoms with Gasteiger partial charge in [0.25, 0.3) is 0 Å². The van der Waals surface area contributed by atoms with Crippen LogP contribution < -0.4 is 0 Å². The van der Waals surface area contributed by atoms with Crippen LogP contribution in [0.4, 0.5) is 5.69 Å². The Balaban J connectivity index is 1.12. The summed E-state index contributed by atoms with van der Waals surface area (Å²) in [4.78, 5) is 19.7. The van der Waals surface area contributed by atoms with Crippen LogP contribution in [-0.4, -0.2) is 24.1 Å². The smallest absolute Gasteiger partial charge is 0.197 e. The average molecular weight is 893 g/mol. The molecule has 0 N–H and O–H groups in total. The summed E-state index contributed by atoms with van der Waals surface area (Å²) in [7, 11) is 0. The Morgan fingerprint density at radius 2 is 0.714 bits per heavy atom. The molecule has 0 spiro atoms. The average Bonchev–Trinajstić information content (AvgIpc) is 3.95. The van der Waals surface area contributed by atoms with E-state index in [0.717, 1.165) is 105 Å². The van der Waals surface area contributed by atoms with Gasteiger partial charge in [0.05, 0.1) is 34.3 Å². The molecule has 0 radical (unpaired) electrons. The van der Waals surface area contributed by atoms with Gasteiger partial charge in [-0.05, 0) is 88.5 Å². The zero-order chi connectivity index (χ0) is 46.5. The van der Waals surface area contributed by atoms with Gasteiger partial charge in [-0.2, -0.15) is 0 Å². The van der Waals surface area contributed by atoms with Crippen molar-refractivity contribution in [3.63, 3.8) is 0 Å². The summed E-state index contributed by atoms with van der Waals surface area (Å²) in [6.07, 6.45) is 0. The highest BCUT2D eigenvalue weighted by Crippen LogP contribution is 2.46. The second-order valence-electron chi connectivity index (χ2n) is 17.5. The number of para-hydroxylation sites is 2. The molecule has 0 aliphatic rings. The lowest BCUT2D eigenvalue weighted by atomic mass is 9.96. The van der Waals surface area contributed by atoms with Gasteiger partial charge < -0.3 is 9.13 Å². The minimum Gasteiger partial charge on any atom is -0.310 e. The highest BCUT2D eigenvalue weighted by atomic mass is 15.0. The van der Waals surface area contributed by atoms with E-state index >= 15 is 0 Å². The van der Waals surface area contributed by atoms with Crippen LogP contribution in [-0.2, 0) is 0 Å². The standard InChI is InChI=1S/C64H40N6/c1-65-54-29-18-32-60(70-56-31-17-15-28-50(56)52-40-47(34-37-58(52)70)43-21-8-3-9-22-43)61(54)53-41-48(64-67-62(44-23-10-4-11-24-44)66-63(68-64)45-25-12-5-13-26-45)35-38-59(53)69-55-30-16-14-27-49(55)51-39-46(33-36-57(51)69)42-19-6-2-7-20-42/h2-41H. The van der Waals surface area contributed by atoms with Crippen molar-refractivity contribution in [3.8, 4) is 78.9 Å². The second-order valence-corrected chi connectivity index (χ2v) is 17.5. The normalized spacial score (nSPS) is 11.4. The van der Waals surface area contributed by atoms with E-state index in [1.54, 1.807) is 0 Å². The van der Waals surface area contributed by atoms with Crippen LogP contribution in [0.25, 0.3) is 127 Å². The van der Waals surface area contributed by atoms with Crippen LogP contribution in [0.5, 0.6) is 0 Å². The molecule has 0 aliphatic heterocycles. The Labute approximate surface area is 404 Å². The minimum absolute atomic E-state index is 0.528. The summed E-state index contributed by atoms with van der Waals surface area (Å²) < 4.78 is 4.70. The summed E-state index contributed by atoms with van der Waals surface area (Å²) in [6, 6.07) is 84.4. The van der Waals surface area contributed by atoms with Crippen molar-refractivity contribution in [2.45, 2.75) is 0 Å². The topological polar surface area (TPSA) is 52.9 Å². The van der Waals surface area contributed by atoms with E-state index in [2.05, 4.69) is 184 Å². The van der Waals surface area contributed by atoms with Crippen molar-refractivity contribution < 1.29 is 0 Å². The van der Waals surface area contributed by atoms with E-state index < -0.39 is 0 Å². The number of nitrogens with zero attached hydrogens (tertiary/aromatic N) is 6. The van der Waals surface area contributed by atoms with Gasteiger partial charge in [-0.15, -0.1) is 0 Å². The summed E-state index contributed by atoms with van der Waals surface area (Å²) in [5.74, 6) is 1.69. The van der Waals surface area contributed by atoms with Crippen LogP contribution in [0, 0.1) is 6.57 Å². The molecule has 6 heteroatoms. The van der Waals surface area contributed by atoms with Crippen molar-refractivity contribution in [3.05, 3.63) is 254 Å². The fourth-order valence-corrected chi connectivity index (χ4v) is 10.2. The molecule has 13 rings (SSSR count). The van der Waals surface area contributed by atoms with Crippen molar-refractivity contribution in [2.75, 3.05) is 0 Å². The summed E-state index contributed by atoms with van der Waals surface area (Å²) in [5, 5.41) is 4.54. The van der Waals surface area contributed by atoms with Crippen LogP contribution in [0.1, 0.15) is 0 Å². The number of aromatic nitrogens is 5. The lowest BCUT2D eigenvalue weighted by molar-refractivity contribution is 1.07. The van der Waals surface area contributed by atoms with Gasteiger partial charge in [-0.25, -0.2) is 19.8 Å². The van der Waals surface area contributed by atoms with Gasteiger partial charge in [0.1, 0.15) is 0 Å². The molecule has 13 aromatic rings. The summed E-state index contributed by atoms with van der Waals surface area (Å²) in [6.45, 7) is 8.86. The predicted octanol–water partition coefficient (Wildman–Crippen LogP) is 16.6. The number of fused-ring (bicyclic) bond motifs is 6. The van der Waals surface area contributed by atoms with Gasteiger partial charge in [0.2, 0.25) is 0 Å². The third-order valence-electron chi connectivity index (χ3n) is 13.4. The molecule has 0 amide bonds. The van der Waals surface area contributed by atoms with Crippen molar-refractivity contribution in [1.82, 2.24) is 24.1 Å². The van der Waals surface area contributed by atoms with Crippen LogP contribution >= 0.6 is 0 Å². The monoisotopic (exact) mass is 892 g/mol. The van der Waals surface area contributed by atoms with Crippen LogP contribution in [0.2, 0.25) is 0 Å². The van der Waals surface area contributed by atoms with Gasteiger partial charge in [-0.3, -0.25) is 0 Å². The van der Waals surface area contributed by atoms with E-state index in [1.165, 1.54) is 0 Å². The van der Waals surface area contributed by atoms with Crippen LogP contribution in [0.15, 0.2) is 243 Å². The Kier molecular flexibility index (Phi) is 9.78. The number of rotatable bonds is 8.